The smallest absolute Gasteiger partial charge is 0.307 e. The van der Waals surface area contributed by atoms with Crippen LogP contribution in [0, 0.1) is 5.92 Å². The first-order chi connectivity index (χ1) is 9.40. The highest BCUT2D eigenvalue weighted by Gasteiger charge is 2.32. The molecule has 0 saturated carbocycles. The van der Waals surface area contributed by atoms with Crippen LogP contribution in [-0.4, -0.2) is 46.4 Å². The molecule has 1 aromatic heterocycles. The molecule has 0 amide bonds. The molecule has 9 heteroatoms. The van der Waals surface area contributed by atoms with Crippen molar-refractivity contribution in [1.82, 2.24) is 18.6 Å². The minimum Gasteiger partial charge on any atom is -0.481 e. The largest absolute Gasteiger partial charge is 0.481 e. The number of nitrogens with zero attached hydrogens (tertiary/aromatic N) is 3. The number of rotatable bonds is 5. The van der Waals surface area contributed by atoms with Crippen molar-refractivity contribution in [3.63, 3.8) is 0 Å². The fraction of sp³-hybridized carbons (Fsp3) is 0.636. The monoisotopic (exact) mass is 302 g/mol. The maximum absolute atomic E-state index is 12.1. The topological polar surface area (TPSA) is 105 Å². The van der Waals surface area contributed by atoms with Gasteiger partial charge >= 0.3 is 5.97 Å². The lowest BCUT2D eigenvalue weighted by Gasteiger charge is -2.29. The van der Waals surface area contributed by atoms with Gasteiger partial charge in [-0.1, -0.05) is 0 Å². The number of hydrogen-bond acceptors (Lipinski definition) is 4. The summed E-state index contributed by atoms with van der Waals surface area (Å²) >= 11 is 0. The predicted octanol–water partition coefficient (Wildman–Crippen LogP) is -0.449. The molecule has 2 rings (SSSR count). The summed E-state index contributed by atoms with van der Waals surface area (Å²) in [6.07, 6.45) is 4.39. The summed E-state index contributed by atoms with van der Waals surface area (Å²) in [6, 6.07) is 0. The molecule has 8 nitrogen and oxygen atoms in total. The second-order valence-corrected chi connectivity index (χ2v) is 6.57. The van der Waals surface area contributed by atoms with Crippen molar-refractivity contribution < 1.29 is 18.3 Å². The van der Waals surface area contributed by atoms with E-state index in [9.17, 15) is 13.2 Å². The van der Waals surface area contributed by atoms with E-state index in [-0.39, 0.29) is 13.1 Å². The van der Waals surface area contributed by atoms with Crippen LogP contribution in [0.2, 0.25) is 0 Å². The molecule has 2 heterocycles. The van der Waals surface area contributed by atoms with E-state index in [1.54, 1.807) is 24.0 Å². The first-order valence-electron chi connectivity index (χ1n) is 6.34. The maximum Gasteiger partial charge on any atom is 0.307 e. The van der Waals surface area contributed by atoms with Crippen LogP contribution in [0.1, 0.15) is 18.7 Å². The molecule has 1 unspecified atom stereocenters. The highest BCUT2D eigenvalue weighted by atomic mass is 32.2. The molecule has 1 aliphatic rings. The van der Waals surface area contributed by atoms with Gasteiger partial charge in [0.1, 0.15) is 5.82 Å². The molecule has 0 radical (unpaired) electrons. The number of carbonyl (C=O) groups is 1. The Morgan fingerprint density at radius 1 is 1.60 bits per heavy atom. The predicted molar refractivity (Wildman–Crippen MR) is 70.9 cm³/mol. The number of carboxylic acid groups (broad SMARTS) is 1. The second kappa shape index (κ2) is 5.90. The van der Waals surface area contributed by atoms with Gasteiger partial charge in [-0.2, -0.15) is 17.4 Å². The Kier molecular flexibility index (Phi) is 4.41. The number of imidazole rings is 1. The van der Waals surface area contributed by atoms with E-state index in [0.717, 1.165) is 0 Å². The van der Waals surface area contributed by atoms with Crippen LogP contribution >= 0.6 is 0 Å². The average molecular weight is 302 g/mol. The van der Waals surface area contributed by atoms with Gasteiger partial charge in [0.25, 0.3) is 10.2 Å². The van der Waals surface area contributed by atoms with Gasteiger partial charge in [0.2, 0.25) is 0 Å². The van der Waals surface area contributed by atoms with Gasteiger partial charge < -0.3 is 9.67 Å². The molecule has 0 spiro atoms. The number of carboxylic acids is 1. The van der Waals surface area contributed by atoms with E-state index in [1.807, 2.05) is 0 Å². The van der Waals surface area contributed by atoms with Crippen molar-refractivity contribution in [2.24, 2.45) is 13.0 Å². The van der Waals surface area contributed by atoms with E-state index in [1.165, 1.54) is 4.31 Å². The van der Waals surface area contributed by atoms with Crippen molar-refractivity contribution in [3.05, 3.63) is 18.2 Å². The summed E-state index contributed by atoms with van der Waals surface area (Å²) in [6.45, 7) is 0.449. The van der Waals surface area contributed by atoms with Gasteiger partial charge in [-0.15, -0.1) is 0 Å². The minimum atomic E-state index is -3.68. The van der Waals surface area contributed by atoms with E-state index >= 15 is 0 Å². The van der Waals surface area contributed by atoms with Crippen LogP contribution in [0.4, 0.5) is 0 Å². The lowest BCUT2D eigenvalue weighted by Crippen LogP contribution is -2.47. The average Bonchev–Trinajstić information content (AvgIpc) is 2.82. The zero-order chi connectivity index (χ0) is 14.8. The zero-order valence-corrected chi connectivity index (χ0v) is 12.0. The first-order valence-corrected chi connectivity index (χ1v) is 7.78. The van der Waals surface area contributed by atoms with Crippen LogP contribution in [-0.2, 0) is 28.6 Å². The quantitative estimate of drug-likeness (QED) is 0.766. The van der Waals surface area contributed by atoms with Crippen molar-refractivity contribution >= 4 is 16.2 Å². The van der Waals surface area contributed by atoms with E-state index in [4.69, 9.17) is 5.11 Å². The Balaban J connectivity index is 1.99. The molecule has 1 aliphatic heterocycles. The van der Waals surface area contributed by atoms with E-state index in [2.05, 4.69) is 9.71 Å². The van der Waals surface area contributed by atoms with Crippen molar-refractivity contribution in [2.75, 3.05) is 13.1 Å². The number of aliphatic carboxylic acids is 1. The Morgan fingerprint density at radius 3 is 2.95 bits per heavy atom. The third kappa shape index (κ3) is 3.35. The molecule has 1 saturated heterocycles. The molecule has 2 N–H and O–H groups in total. The Bertz CT molecular complexity index is 583. The summed E-state index contributed by atoms with van der Waals surface area (Å²) in [5.41, 5.74) is 0. The summed E-state index contributed by atoms with van der Waals surface area (Å²) in [5, 5.41) is 8.98. The number of aryl methyl sites for hydroxylation is 1. The summed E-state index contributed by atoms with van der Waals surface area (Å²) in [4.78, 5) is 15.0. The summed E-state index contributed by atoms with van der Waals surface area (Å²) in [5.74, 6) is -0.983. The van der Waals surface area contributed by atoms with Gasteiger partial charge in [-0.25, -0.2) is 4.98 Å². The number of aromatic nitrogens is 2. The SMILES string of the molecule is Cn1ccnc1CNS(=O)(=O)N1CCCC(C(=O)O)C1. The molecular formula is C11H18N4O4S. The third-order valence-electron chi connectivity index (χ3n) is 3.41. The standard InChI is InChI=1S/C11H18N4O4S/c1-14-6-4-12-10(14)7-13-20(18,19)15-5-2-3-9(8-15)11(16)17/h4,6,9,13H,2-3,5,7-8H2,1H3,(H,16,17). The molecule has 0 aliphatic carbocycles. The molecule has 0 bridgehead atoms. The van der Waals surface area contributed by atoms with Gasteiger partial charge in [0.15, 0.2) is 0 Å². The molecule has 1 fully saturated rings. The third-order valence-corrected chi connectivity index (χ3v) is 4.93. The maximum atomic E-state index is 12.1. The summed E-state index contributed by atoms with van der Waals surface area (Å²) < 4.78 is 29.7. The number of nitrogens with one attached hydrogen (secondary N) is 1. The normalized spacial score (nSPS) is 20.9. The fourth-order valence-electron chi connectivity index (χ4n) is 2.18. The second-order valence-electron chi connectivity index (χ2n) is 4.82. The van der Waals surface area contributed by atoms with Gasteiger partial charge in [-0.3, -0.25) is 4.79 Å². The van der Waals surface area contributed by atoms with Crippen molar-refractivity contribution in [2.45, 2.75) is 19.4 Å². The first kappa shape index (κ1) is 14.9. The highest BCUT2D eigenvalue weighted by molar-refractivity contribution is 7.87. The number of hydrogen-bond donors (Lipinski definition) is 2. The van der Waals surface area contributed by atoms with Gasteiger partial charge in [0, 0.05) is 32.5 Å². The fourth-order valence-corrected chi connectivity index (χ4v) is 3.42. The molecule has 0 aromatic carbocycles. The summed E-state index contributed by atoms with van der Waals surface area (Å²) in [7, 11) is -1.90. The molecule has 112 valence electrons. The van der Waals surface area contributed by atoms with E-state index < -0.39 is 22.1 Å². The van der Waals surface area contributed by atoms with Crippen molar-refractivity contribution in [3.8, 4) is 0 Å². The zero-order valence-electron chi connectivity index (χ0n) is 11.2. The Morgan fingerprint density at radius 2 is 2.35 bits per heavy atom. The highest BCUT2D eigenvalue weighted by Crippen LogP contribution is 2.18. The Hall–Kier alpha value is -1.45. The van der Waals surface area contributed by atoms with Crippen LogP contribution in [0.15, 0.2) is 12.4 Å². The van der Waals surface area contributed by atoms with Gasteiger partial charge in [-0.05, 0) is 12.8 Å². The van der Waals surface area contributed by atoms with Crippen molar-refractivity contribution in [1.29, 1.82) is 0 Å². The lowest BCUT2D eigenvalue weighted by atomic mass is 10.0. The number of piperidine rings is 1. The molecular weight excluding hydrogens is 284 g/mol. The molecule has 1 aromatic rings. The minimum absolute atomic E-state index is 0.0191. The molecule has 1 atom stereocenters. The Labute approximate surface area is 117 Å². The van der Waals surface area contributed by atoms with Crippen LogP contribution in [0.5, 0.6) is 0 Å². The van der Waals surface area contributed by atoms with Gasteiger partial charge in [0.05, 0.1) is 12.5 Å². The van der Waals surface area contributed by atoms with Crippen LogP contribution in [0.3, 0.4) is 0 Å². The van der Waals surface area contributed by atoms with Crippen LogP contribution < -0.4 is 4.72 Å². The van der Waals surface area contributed by atoms with Crippen LogP contribution in [0.25, 0.3) is 0 Å². The molecule has 20 heavy (non-hydrogen) atoms. The lowest BCUT2D eigenvalue weighted by molar-refractivity contribution is -0.142. The van der Waals surface area contributed by atoms with E-state index in [0.29, 0.717) is 25.2 Å².